The van der Waals surface area contributed by atoms with Crippen LogP contribution in [0.15, 0.2) is 28.9 Å². The minimum atomic E-state index is -0.328. The summed E-state index contributed by atoms with van der Waals surface area (Å²) < 4.78 is 16.3. The lowest BCUT2D eigenvalue weighted by atomic mass is 10.1. The summed E-state index contributed by atoms with van der Waals surface area (Å²) in [4.78, 5) is 0. The summed E-state index contributed by atoms with van der Waals surface area (Å²) >= 11 is 3.23. The molecule has 3 nitrogen and oxygen atoms in total. The number of hydrogen-bond donors (Lipinski definition) is 1. The molecule has 5 heteroatoms. The third-order valence-corrected chi connectivity index (χ3v) is 3.02. The Bertz CT molecular complexity index is 563. The first-order valence-corrected chi connectivity index (χ1v) is 6.55. The van der Waals surface area contributed by atoms with Gasteiger partial charge < -0.3 is 5.73 Å². The third-order valence-electron chi connectivity index (χ3n) is 2.53. The maximum absolute atomic E-state index is 13.9. The Hall–Kier alpha value is -1.36. The average molecular weight is 312 g/mol. The summed E-state index contributed by atoms with van der Waals surface area (Å²) in [5, 5.41) is 4.35. The van der Waals surface area contributed by atoms with E-state index in [1.165, 1.54) is 6.07 Å². The number of anilines is 1. The first-order valence-electron chi connectivity index (χ1n) is 5.75. The normalized spacial score (nSPS) is 11.2. The van der Waals surface area contributed by atoms with E-state index in [1.807, 2.05) is 0 Å². The van der Waals surface area contributed by atoms with E-state index in [9.17, 15) is 4.39 Å². The van der Waals surface area contributed by atoms with Gasteiger partial charge in [-0.2, -0.15) is 5.10 Å². The van der Waals surface area contributed by atoms with Crippen molar-refractivity contribution < 1.29 is 4.39 Å². The molecule has 0 saturated heterocycles. The molecule has 2 N–H and O–H groups in total. The standard InChI is InChI=1S/C13H15BrFN3/c1-8(2)6-18-7-12(16)13(17-18)10-4-3-9(14)5-11(10)15/h3-5,7-8H,6,16H2,1-2H3. The van der Waals surface area contributed by atoms with Gasteiger partial charge in [0.15, 0.2) is 0 Å². The minimum absolute atomic E-state index is 0.328. The van der Waals surface area contributed by atoms with E-state index in [-0.39, 0.29) is 5.82 Å². The molecule has 0 aliphatic heterocycles. The largest absolute Gasteiger partial charge is 0.396 e. The van der Waals surface area contributed by atoms with Crippen LogP contribution in [0.5, 0.6) is 0 Å². The van der Waals surface area contributed by atoms with Gasteiger partial charge in [0.05, 0.1) is 5.69 Å². The van der Waals surface area contributed by atoms with Crippen LogP contribution in [0.25, 0.3) is 11.3 Å². The number of hydrogen-bond acceptors (Lipinski definition) is 2. The van der Waals surface area contributed by atoms with E-state index in [4.69, 9.17) is 5.73 Å². The molecule has 0 atom stereocenters. The van der Waals surface area contributed by atoms with Crippen LogP contribution in [0.1, 0.15) is 13.8 Å². The first kappa shape index (κ1) is 13.1. The molecule has 0 bridgehead atoms. The molecule has 0 radical (unpaired) electrons. The van der Waals surface area contributed by atoms with Crippen molar-refractivity contribution in [3.8, 4) is 11.3 Å². The predicted molar refractivity (Wildman–Crippen MR) is 74.6 cm³/mol. The molecule has 0 saturated carbocycles. The fourth-order valence-electron chi connectivity index (χ4n) is 1.80. The van der Waals surface area contributed by atoms with Crippen molar-refractivity contribution in [2.75, 3.05) is 5.73 Å². The van der Waals surface area contributed by atoms with Crippen molar-refractivity contribution in [3.63, 3.8) is 0 Å². The number of benzene rings is 1. The van der Waals surface area contributed by atoms with Gasteiger partial charge in [-0.1, -0.05) is 29.8 Å². The maximum Gasteiger partial charge on any atom is 0.133 e. The highest BCUT2D eigenvalue weighted by Gasteiger charge is 2.13. The van der Waals surface area contributed by atoms with Crippen LogP contribution >= 0.6 is 15.9 Å². The lowest BCUT2D eigenvalue weighted by molar-refractivity contribution is 0.484. The molecule has 1 aromatic heterocycles. The van der Waals surface area contributed by atoms with Crippen molar-refractivity contribution in [2.24, 2.45) is 5.92 Å². The minimum Gasteiger partial charge on any atom is -0.396 e. The average Bonchev–Trinajstić information content (AvgIpc) is 2.58. The molecule has 18 heavy (non-hydrogen) atoms. The summed E-state index contributed by atoms with van der Waals surface area (Å²) in [5.74, 6) is 0.137. The number of nitrogens with zero attached hydrogens (tertiary/aromatic N) is 2. The lowest BCUT2D eigenvalue weighted by Gasteiger charge is -2.04. The molecule has 0 amide bonds. The summed E-state index contributed by atoms with van der Waals surface area (Å²) in [6.07, 6.45) is 1.75. The predicted octanol–water partition coefficient (Wildman–Crippen LogP) is 3.69. The smallest absolute Gasteiger partial charge is 0.133 e. The second-order valence-corrected chi connectivity index (χ2v) is 5.59. The summed E-state index contributed by atoms with van der Waals surface area (Å²) in [6.45, 7) is 4.96. The van der Waals surface area contributed by atoms with Crippen molar-refractivity contribution in [1.82, 2.24) is 9.78 Å². The molecule has 0 aliphatic carbocycles. The number of nitrogen functional groups attached to an aromatic ring is 1. The van der Waals surface area contributed by atoms with Crippen LogP contribution in [0, 0.1) is 11.7 Å². The van der Waals surface area contributed by atoms with E-state index in [2.05, 4.69) is 34.9 Å². The first-order chi connectivity index (χ1) is 8.47. The SMILES string of the molecule is CC(C)Cn1cc(N)c(-c2ccc(Br)cc2F)n1. The number of nitrogens with two attached hydrogens (primary N) is 1. The van der Waals surface area contributed by atoms with Gasteiger partial charge in [-0.05, 0) is 24.1 Å². The third kappa shape index (κ3) is 2.72. The van der Waals surface area contributed by atoms with Gasteiger partial charge in [0.1, 0.15) is 11.5 Å². The van der Waals surface area contributed by atoms with Crippen LogP contribution in [0.2, 0.25) is 0 Å². The Morgan fingerprint density at radius 2 is 2.17 bits per heavy atom. The zero-order valence-electron chi connectivity index (χ0n) is 10.3. The fourth-order valence-corrected chi connectivity index (χ4v) is 2.13. The summed E-state index contributed by atoms with van der Waals surface area (Å²) in [5.41, 5.74) is 7.32. The van der Waals surface area contributed by atoms with E-state index in [0.717, 1.165) is 6.54 Å². The van der Waals surface area contributed by atoms with Gasteiger partial charge in [0, 0.05) is 22.8 Å². The second kappa shape index (κ2) is 5.10. The topological polar surface area (TPSA) is 43.8 Å². The molecule has 2 aromatic rings. The van der Waals surface area contributed by atoms with Crippen LogP contribution < -0.4 is 5.73 Å². The summed E-state index contributed by atoms with van der Waals surface area (Å²) in [6, 6.07) is 4.87. The Morgan fingerprint density at radius 1 is 1.44 bits per heavy atom. The Kier molecular flexibility index (Phi) is 3.71. The van der Waals surface area contributed by atoms with Crippen molar-refractivity contribution >= 4 is 21.6 Å². The van der Waals surface area contributed by atoms with Crippen molar-refractivity contribution in [2.45, 2.75) is 20.4 Å². The Morgan fingerprint density at radius 3 is 2.78 bits per heavy atom. The fraction of sp³-hybridized carbons (Fsp3) is 0.308. The highest BCUT2D eigenvalue weighted by atomic mass is 79.9. The van der Waals surface area contributed by atoms with Gasteiger partial charge in [-0.3, -0.25) is 4.68 Å². The van der Waals surface area contributed by atoms with E-state index >= 15 is 0 Å². The molecular formula is C13H15BrFN3. The molecule has 0 fully saturated rings. The number of aromatic nitrogens is 2. The highest BCUT2D eigenvalue weighted by Crippen LogP contribution is 2.28. The van der Waals surface area contributed by atoms with Crippen LogP contribution in [0.3, 0.4) is 0 Å². The molecule has 0 spiro atoms. The van der Waals surface area contributed by atoms with Gasteiger partial charge in [0.25, 0.3) is 0 Å². The Balaban J connectivity index is 2.41. The van der Waals surface area contributed by atoms with Crippen molar-refractivity contribution in [3.05, 3.63) is 34.7 Å². The molecule has 0 unspecified atom stereocenters. The molecule has 96 valence electrons. The van der Waals surface area contributed by atoms with Gasteiger partial charge >= 0.3 is 0 Å². The van der Waals surface area contributed by atoms with E-state index < -0.39 is 0 Å². The van der Waals surface area contributed by atoms with Gasteiger partial charge in [-0.25, -0.2) is 4.39 Å². The van der Waals surface area contributed by atoms with Crippen molar-refractivity contribution in [1.29, 1.82) is 0 Å². The molecule has 0 aliphatic rings. The van der Waals surface area contributed by atoms with Crippen LogP contribution in [-0.2, 0) is 6.54 Å². The monoisotopic (exact) mass is 311 g/mol. The molecule has 1 heterocycles. The summed E-state index contributed by atoms with van der Waals surface area (Å²) in [7, 11) is 0. The maximum atomic E-state index is 13.9. The molecule has 1 aromatic carbocycles. The van der Waals surface area contributed by atoms with Gasteiger partial charge in [-0.15, -0.1) is 0 Å². The van der Waals surface area contributed by atoms with E-state index in [0.29, 0.717) is 27.3 Å². The van der Waals surface area contributed by atoms with Crippen LogP contribution in [-0.4, -0.2) is 9.78 Å². The van der Waals surface area contributed by atoms with Gasteiger partial charge in [0.2, 0.25) is 0 Å². The quantitative estimate of drug-likeness (QED) is 0.939. The Labute approximate surface area is 114 Å². The number of rotatable bonds is 3. The zero-order valence-corrected chi connectivity index (χ0v) is 11.9. The second-order valence-electron chi connectivity index (χ2n) is 4.67. The molecular weight excluding hydrogens is 297 g/mol. The zero-order chi connectivity index (χ0) is 13.3. The molecule has 2 rings (SSSR count). The highest BCUT2D eigenvalue weighted by molar-refractivity contribution is 9.10. The van der Waals surface area contributed by atoms with Crippen LogP contribution in [0.4, 0.5) is 10.1 Å². The lowest BCUT2D eigenvalue weighted by Crippen LogP contribution is -2.04. The van der Waals surface area contributed by atoms with E-state index in [1.54, 1.807) is 23.0 Å². The number of halogens is 2.